The van der Waals surface area contributed by atoms with Gasteiger partial charge in [0.25, 0.3) is 0 Å². The largest absolute Gasteiger partial charge is 0.462 e. The smallest absolute Gasteiger partial charge is 0.302 e. The van der Waals surface area contributed by atoms with Crippen LogP contribution in [-0.2, 0) is 9.53 Å². The van der Waals surface area contributed by atoms with Gasteiger partial charge in [0.2, 0.25) is 0 Å². The van der Waals surface area contributed by atoms with Crippen LogP contribution in [-0.4, -0.2) is 36.1 Å². The summed E-state index contributed by atoms with van der Waals surface area (Å²) in [6.45, 7) is 16.8. The molecule has 0 bridgehead atoms. The lowest BCUT2D eigenvalue weighted by Gasteiger charge is -2.62. The van der Waals surface area contributed by atoms with Crippen LogP contribution in [0.5, 0.6) is 0 Å². The second-order valence-electron chi connectivity index (χ2n) is 15.0. The molecule has 0 aromatic carbocycles. The molecule has 3 saturated carbocycles. The third kappa shape index (κ3) is 5.21. The molecule has 9 atom stereocenters. The Morgan fingerprint density at radius 3 is 2.46 bits per heavy atom. The van der Waals surface area contributed by atoms with Crippen molar-refractivity contribution >= 4 is 5.97 Å². The van der Waals surface area contributed by atoms with Crippen LogP contribution in [0.2, 0.25) is 0 Å². The number of carbonyl (C=O) groups is 1. The minimum Gasteiger partial charge on any atom is -0.462 e. The number of hydrogen-bond acceptors (Lipinski definition) is 3. The second-order valence-corrected chi connectivity index (χ2v) is 15.0. The minimum absolute atomic E-state index is 0.0896. The van der Waals surface area contributed by atoms with Crippen LogP contribution in [0, 0.1) is 46.3 Å². The minimum atomic E-state index is -0.108. The van der Waals surface area contributed by atoms with Gasteiger partial charge in [0, 0.05) is 19.4 Å². The number of likely N-dealkylation sites (tertiary alicyclic amines) is 1. The van der Waals surface area contributed by atoms with E-state index >= 15 is 0 Å². The van der Waals surface area contributed by atoms with Crippen LogP contribution in [0.3, 0.4) is 0 Å². The summed E-state index contributed by atoms with van der Waals surface area (Å²) in [4.78, 5) is 14.7. The summed E-state index contributed by atoms with van der Waals surface area (Å²) in [5.41, 5.74) is 2.46. The quantitative estimate of drug-likeness (QED) is 0.254. The maximum Gasteiger partial charge on any atom is 0.302 e. The number of ether oxygens (including phenoxy) is 1. The van der Waals surface area contributed by atoms with Crippen molar-refractivity contribution in [2.24, 2.45) is 46.3 Å². The number of fused-ring (bicyclic) bond motifs is 5. The first-order valence-electron chi connectivity index (χ1n) is 16.3. The van der Waals surface area contributed by atoms with Crippen LogP contribution in [0.1, 0.15) is 125 Å². The summed E-state index contributed by atoms with van der Waals surface area (Å²) < 4.78 is 5.78. The van der Waals surface area contributed by atoms with Crippen LogP contribution in [0.4, 0.5) is 0 Å². The highest BCUT2D eigenvalue weighted by Crippen LogP contribution is 2.68. The molecule has 4 aliphatic carbocycles. The van der Waals surface area contributed by atoms with Gasteiger partial charge in [0.15, 0.2) is 0 Å². The third-order valence-electron chi connectivity index (χ3n) is 12.4. The molecule has 1 aliphatic heterocycles. The molecule has 4 fully saturated rings. The van der Waals surface area contributed by atoms with E-state index in [0.29, 0.717) is 16.9 Å². The fourth-order valence-electron chi connectivity index (χ4n) is 10.5. The van der Waals surface area contributed by atoms with Gasteiger partial charge >= 0.3 is 5.97 Å². The van der Waals surface area contributed by atoms with Gasteiger partial charge in [-0.1, -0.05) is 72.0 Å². The molecule has 3 heteroatoms. The third-order valence-corrected chi connectivity index (χ3v) is 12.4. The molecule has 0 amide bonds. The maximum absolute atomic E-state index is 11.8. The van der Waals surface area contributed by atoms with Gasteiger partial charge in [-0.25, -0.2) is 0 Å². The lowest BCUT2D eigenvalue weighted by molar-refractivity contribution is -0.149. The summed E-state index contributed by atoms with van der Waals surface area (Å²) in [6, 6.07) is 0.601. The fourth-order valence-corrected chi connectivity index (χ4v) is 10.5. The number of rotatable bonds is 7. The topological polar surface area (TPSA) is 29.5 Å². The van der Waals surface area contributed by atoms with Crippen LogP contribution < -0.4 is 0 Å². The Morgan fingerprint density at radius 1 is 1.00 bits per heavy atom. The van der Waals surface area contributed by atoms with E-state index in [0.717, 1.165) is 48.3 Å². The number of esters is 1. The van der Waals surface area contributed by atoms with Gasteiger partial charge in [0.05, 0.1) is 0 Å². The summed E-state index contributed by atoms with van der Waals surface area (Å²) in [7, 11) is 0. The van der Waals surface area contributed by atoms with E-state index in [-0.39, 0.29) is 12.1 Å². The average Bonchev–Trinajstić information content (AvgIpc) is 3.21. The molecule has 0 aromatic rings. The van der Waals surface area contributed by atoms with E-state index in [2.05, 4.69) is 45.6 Å². The van der Waals surface area contributed by atoms with Crippen LogP contribution >= 0.6 is 0 Å². The van der Waals surface area contributed by atoms with E-state index in [1.54, 1.807) is 12.5 Å². The number of carbonyl (C=O) groups excluding carboxylic acids is 1. The van der Waals surface area contributed by atoms with E-state index in [1.807, 2.05) is 0 Å². The van der Waals surface area contributed by atoms with Gasteiger partial charge < -0.3 is 4.74 Å². The summed E-state index contributed by atoms with van der Waals surface area (Å²) in [6.07, 6.45) is 20.2. The first kappa shape index (κ1) is 27.7. The first-order chi connectivity index (χ1) is 17.6. The summed E-state index contributed by atoms with van der Waals surface area (Å²) in [5, 5.41) is 0. The van der Waals surface area contributed by atoms with Crippen molar-refractivity contribution < 1.29 is 9.53 Å². The Hall–Kier alpha value is -0.830. The zero-order chi connectivity index (χ0) is 26.4. The molecular formula is C34H57NO2. The molecule has 0 spiro atoms. The standard InChI is InChI=1S/C34H57NO2/c1-23(2)11-10-12-24(3)28-13-14-29-32-30(16-18-34(28,29)6)33(5)17-15-27(37-25(4)36)21-26(33)22-31(32)35-19-8-7-9-20-35/h22-24,27-32H,7-21H2,1-6H3. The van der Waals surface area contributed by atoms with E-state index < -0.39 is 0 Å². The van der Waals surface area contributed by atoms with Crippen molar-refractivity contribution in [3.8, 4) is 0 Å². The summed E-state index contributed by atoms with van der Waals surface area (Å²) in [5.74, 6) is 4.97. The maximum atomic E-state index is 11.8. The van der Waals surface area contributed by atoms with Crippen molar-refractivity contribution in [3.63, 3.8) is 0 Å². The second kappa shape index (κ2) is 11.0. The number of hydrogen-bond donors (Lipinski definition) is 0. The Kier molecular flexibility index (Phi) is 8.22. The van der Waals surface area contributed by atoms with Gasteiger partial charge in [-0.15, -0.1) is 0 Å². The normalized spacial score (nSPS) is 42.9. The fraction of sp³-hybridized carbons (Fsp3) is 0.912. The lowest BCUT2D eigenvalue weighted by Crippen LogP contribution is -2.59. The van der Waals surface area contributed by atoms with Gasteiger partial charge in [-0.05, 0) is 111 Å². The van der Waals surface area contributed by atoms with Crippen molar-refractivity contribution in [1.82, 2.24) is 4.90 Å². The highest BCUT2D eigenvalue weighted by Gasteiger charge is 2.61. The van der Waals surface area contributed by atoms with Gasteiger partial charge in [-0.2, -0.15) is 0 Å². The molecule has 5 aliphatic rings. The molecule has 1 heterocycles. The highest BCUT2D eigenvalue weighted by atomic mass is 16.5. The highest BCUT2D eigenvalue weighted by molar-refractivity contribution is 5.66. The average molecular weight is 512 g/mol. The molecule has 5 rings (SSSR count). The predicted octanol–water partition coefficient (Wildman–Crippen LogP) is 8.42. The zero-order valence-corrected chi connectivity index (χ0v) is 25.1. The van der Waals surface area contributed by atoms with Crippen molar-refractivity contribution in [2.45, 2.75) is 137 Å². The number of nitrogens with zero attached hydrogens (tertiary/aromatic N) is 1. The Bertz CT molecular complexity index is 843. The van der Waals surface area contributed by atoms with Crippen molar-refractivity contribution in [3.05, 3.63) is 11.6 Å². The Morgan fingerprint density at radius 2 is 1.76 bits per heavy atom. The number of piperidine rings is 1. The van der Waals surface area contributed by atoms with E-state index in [9.17, 15) is 4.79 Å². The molecular weight excluding hydrogens is 454 g/mol. The molecule has 210 valence electrons. The van der Waals surface area contributed by atoms with Gasteiger partial charge in [-0.3, -0.25) is 9.69 Å². The SMILES string of the molecule is CC(=O)OC1CCC2(C)C(=CC(N3CCCCC3)C3C2CCC2(C)C(C(C)CCCC(C)C)CCC32)C1. The predicted molar refractivity (Wildman–Crippen MR) is 153 cm³/mol. The van der Waals surface area contributed by atoms with Gasteiger partial charge in [0.1, 0.15) is 6.10 Å². The van der Waals surface area contributed by atoms with Crippen molar-refractivity contribution in [1.29, 1.82) is 0 Å². The Balaban J connectivity index is 1.43. The molecule has 3 nitrogen and oxygen atoms in total. The monoisotopic (exact) mass is 511 g/mol. The zero-order valence-electron chi connectivity index (χ0n) is 25.1. The molecule has 1 saturated heterocycles. The summed E-state index contributed by atoms with van der Waals surface area (Å²) >= 11 is 0. The lowest BCUT2D eigenvalue weighted by atomic mass is 9.45. The Labute approximate surface area is 228 Å². The molecule has 37 heavy (non-hydrogen) atoms. The molecule has 0 aromatic heterocycles. The first-order valence-corrected chi connectivity index (χ1v) is 16.3. The molecule has 9 unspecified atom stereocenters. The molecule has 0 N–H and O–H groups in total. The molecule has 0 radical (unpaired) electrons. The van der Waals surface area contributed by atoms with Crippen LogP contribution in [0.25, 0.3) is 0 Å². The van der Waals surface area contributed by atoms with E-state index in [4.69, 9.17) is 4.74 Å². The van der Waals surface area contributed by atoms with Crippen molar-refractivity contribution in [2.75, 3.05) is 13.1 Å². The van der Waals surface area contributed by atoms with E-state index in [1.165, 1.54) is 83.7 Å². The van der Waals surface area contributed by atoms with Crippen LogP contribution in [0.15, 0.2) is 11.6 Å².